The summed E-state index contributed by atoms with van der Waals surface area (Å²) in [4.78, 5) is 47.1. The Morgan fingerprint density at radius 2 is 1.60 bits per heavy atom. The van der Waals surface area contributed by atoms with Gasteiger partial charge in [0, 0.05) is 25.3 Å². The van der Waals surface area contributed by atoms with Crippen LogP contribution >= 0.6 is 0 Å². The van der Waals surface area contributed by atoms with Crippen molar-refractivity contribution in [2.24, 2.45) is 0 Å². The van der Waals surface area contributed by atoms with E-state index in [1.165, 1.54) is 18.2 Å². The summed E-state index contributed by atoms with van der Waals surface area (Å²) in [6, 6.07) is 3.84. The maximum absolute atomic E-state index is 12.0. The summed E-state index contributed by atoms with van der Waals surface area (Å²) in [5.41, 5.74) is -1.81. The molecule has 1 aromatic carbocycles. The molecular formula is C20H27NO9. The van der Waals surface area contributed by atoms with Crippen molar-refractivity contribution in [2.75, 3.05) is 7.11 Å². The Labute approximate surface area is 174 Å². The van der Waals surface area contributed by atoms with E-state index in [2.05, 4.69) is 10.1 Å². The lowest BCUT2D eigenvalue weighted by Gasteiger charge is -2.31. The summed E-state index contributed by atoms with van der Waals surface area (Å²) in [6.07, 6.45) is -1.33. The highest BCUT2D eigenvalue weighted by molar-refractivity contribution is 5.81. The molecule has 2 N–H and O–H groups in total. The zero-order valence-electron chi connectivity index (χ0n) is 17.6. The van der Waals surface area contributed by atoms with Crippen molar-refractivity contribution in [3.05, 3.63) is 23.8 Å². The van der Waals surface area contributed by atoms with Gasteiger partial charge in [-0.25, -0.2) is 9.59 Å². The van der Waals surface area contributed by atoms with Crippen LogP contribution in [-0.4, -0.2) is 48.0 Å². The predicted molar refractivity (Wildman–Crippen MR) is 104 cm³/mol. The SMILES string of the molecule is CCC(=O)Oc1ccc(C[C@](NC(C)C)(OC(=O)OC)C(=O)O)cc1OC(=O)CC. The summed E-state index contributed by atoms with van der Waals surface area (Å²) in [5.74, 6) is -2.60. The molecule has 0 saturated heterocycles. The monoisotopic (exact) mass is 425 g/mol. The van der Waals surface area contributed by atoms with Gasteiger partial charge < -0.3 is 24.1 Å². The van der Waals surface area contributed by atoms with Crippen LogP contribution in [0.15, 0.2) is 18.2 Å². The van der Waals surface area contributed by atoms with Crippen LogP contribution in [0.2, 0.25) is 0 Å². The molecule has 0 fully saturated rings. The number of carbonyl (C=O) groups is 4. The number of esters is 2. The Hall–Kier alpha value is -3.14. The lowest BCUT2D eigenvalue weighted by Crippen LogP contribution is -2.59. The molecule has 10 nitrogen and oxygen atoms in total. The highest BCUT2D eigenvalue weighted by Crippen LogP contribution is 2.31. The van der Waals surface area contributed by atoms with Crippen LogP contribution in [0.3, 0.4) is 0 Å². The fraction of sp³-hybridized carbons (Fsp3) is 0.500. The Morgan fingerprint density at radius 3 is 2.07 bits per heavy atom. The Bertz CT molecular complexity index is 790. The minimum Gasteiger partial charge on any atom is -0.477 e. The number of ether oxygens (including phenoxy) is 4. The van der Waals surface area contributed by atoms with Crippen LogP contribution in [0.5, 0.6) is 11.5 Å². The first kappa shape index (κ1) is 24.9. The Kier molecular flexibility index (Phi) is 9.25. The highest BCUT2D eigenvalue weighted by Gasteiger charge is 2.44. The molecule has 0 spiro atoms. The van der Waals surface area contributed by atoms with Crippen LogP contribution in [0.25, 0.3) is 0 Å². The Balaban J connectivity index is 3.38. The lowest BCUT2D eigenvalue weighted by atomic mass is 10.0. The largest absolute Gasteiger partial charge is 0.510 e. The van der Waals surface area contributed by atoms with Gasteiger partial charge in [-0.1, -0.05) is 19.9 Å². The number of carboxylic acid groups (broad SMARTS) is 1. The van der Waals surface area contributed by atoms with Crippen molar-refractivity contribution >= 4 is 24.1 Å². The molecule has 10 heteroatoms. The van der Waals surface area contributed by atoms with E-state index in [0.29, 0.717) is 5.56 Å². The molecule has 0 aromatic heterocycles. The number of carbonyl (C=O) groups excluding carboxylic acids is 3. The molecule has 0 radical (unpaired) electrons. The molecule has 0 unspecified atom stereocenters. The van der Waals surface area contributed by atoms with Gasteiger partial charge in [-0.2, -0.15) is 0 Å². The van der Waals surface area contributed by atoms with Crippen molar-refractivity contribution in [2.45, 2.75) is 58.7 Å². The van der Waals surface area contributed by atoms with E-state index >= 15 is 0 Å². The normalized spacial score (nSPS) is 12.6. The highest BCUT2D eigenvalue weighted by atomic mass is 16.7. The van der Waals surface area contributed by atoms with Crippen molar-refractivity contribution in [3.63, 3.8) is 0 Å². The molecule has 1 rings (SSSR count). The number of hydrogen-bond acceptors (Lipinski definition) is 9. The number of benzene rings is 1. The molecular weight excluding hydrogens is 398 g/mol. The summed E-state index contributed by atoms with van der Waals surface area (Å²) >= 11 is 0. The van der Waals surface area contributed by atoms with Crippen LogP contribution < -0.4 is 14.8 Å². The number of nitrogens with one attached hydrogen (secondary N) is 1. The number of aliphatic carboxylic acids is 1. The smallest absolute Gasteiger partial charge is 0.477 e. The summed E-state index contributed by atoms with van der Waals surface area (Å²) in [6.45, 7) is 6.56. The van der Waals surface area contributed by atoms with E-state index in [9.17, 15) is 24.3 Å². The second-order valence-corrected chi connectivity index (χ2v) is 6.60. The van der Waals surface area contributed by atoms with Gasteiger partial charge in [-0.3, -0.25) is 14.9 Å². The van der Waals surface area contributed by atoms with Crippen molar-refractivity contribution in [3.8, 4) is 11.5 Å². The average molecular weight is 425 g/mol. The molecule has 0 amide bonds. The summed E-state index contributed by atoms with van der Waals surface area (Å²) < 4.78 is 19.9. The molecule has 30 heavy (non-hydrogen) atoms. The van der Waals surface area contributed by atoms with Crippen molar-refractivity contribution in [1.29, 1.82) is 0 Å². The second kappa shape index (κ2) is 11.1. The summed E-state index contributed by atoms with van der Waals surface area (Å²) in [7, 11) is 1.06. The number of rotatable bonds is 10. The molecule has 0 saturated carbocycles. The molecule has 1 aromatic rings. The Morgan fingerprint density at radius 1 is 1.03 bits per heavy atom. The van der Waals surface area contributed by atoms with Gasteiger partial charge in [0.25, 0.3) is 5.72 Å². The third-order valence-electron chi connectivity index (χ3n) is 3.78. The van der Waals surface area contributed by atoms with E-state index < -0.39 is 29.8 Å². The van der Waals surface area contributed by atoms with E-state index in [1.54, 1.807) is 27.7 Å². The van der Waals surface area contributed by atoms with Crippen molar-refractivity contribution < 1.29 is 43.2 Å². The molecule has 0 heterocycles. The van der Waals surface area contributed by atoms with E-state index in [0.717, 1.165) is 7.11 Å². The van der Waals surface area contributed by atoms with E-state index in [4.69, 9.17) is 14.2 Å². The first-order valence-corrected chi connectivity index (χ1v) is 9.39. The standard InChI is InChI=1S/C20H27NO9/c1-6-16(22)28-14-9-8-13(10-15(14)29-17(23)7-2)11-20(18(24)25,21-12(3)4)30-19(26)27-5/h8-10,12,21H,6-7,11H2,1-5H3,(H,24,25)/t20-/m0/s1. The fourth-order valence-corrected chi connectivity index (χ4v) is 2.45. The third-order valence-corrected chi connectivity index (χ3v) is 3.78. The number of hydrogen-bond donors (Lipinski definition) is 2. The van der Waals surface area contributed by atoms with Gasteiger partial charge in [0.1, 0.15) is 0 Å². The fourth-order valence-electron chi connectivity index (χ4n) is 2.45. The maximum atomic E-state index is 12.0. The van der Waals surface area contributed by atoms with Crippen LogP contribution in [0.4, 0.5) is 4.79 Å². The molecule has 0 aliphatic heterocycles. The second-order valence-electron chi connectivity index (χ2n) is 6.60. The maximum Gasteiger partial charge on any atom is 0.510 e. The minimum atomic E-state index is -2.14. The minimum absolute atomic E-state index is 0.0130. The average Bonchev–Trinajstić information content (AvgIpc) is 2.68. The third kappa shape index (κ3) is 7.03. The zero-order valence-corrected chi connectivity index (χ0v) is 17.6. The quantitative estimate of drug-likeness (QED) is 0.326. The van der Waals surface area contributed by atoms with Gasteiger partial charge in [-0.05, 0) is 31.5 Å². The van der Waals surface area contributed by atoms with Gasteiger partial charge in [0.2, 0.25) is 0 Å². The van der Waals surface area contributed by atoms with Crippen LogP contribution in [0.1, 0.15) is 46.1 Å². The lowest BCUT2D eigenvalue weighted by molar-refractivity contribution is -0.166. The van der Waals surface area contributed by atoms with E-state index in [1.807, 2.05) is 0 Å². The number of carboxylic acids is 1. The van der Waals surface area contributed by atoms with Gasteiger partial charge >= 0.3 is 24.1 Å². The van der Waals surface area contributed by atoms with E-state index in [-0.39, 0.29) is 36.8 Å². The molecule has 166 valence electrons. The van der Waals surface area contributed by atoms with Gasteiger partial charge in [0.05, 0.1) is 7.11 Å². The summed E-state index contributed by atoms with van der Waals surface area (Å²) in [5, 5.41) is 12.5. The van der Waals surface area contributed by atoms with Gasteiger partial charge in [0.15, 0.2) is 11.5 Å². The topological polar surface area (TPSA) is 137 Å². The zero-order chi connectivity index (χ0) is 22.9. The van der Waals surface area contributed by atoms with Crippen LogP contribution in [0, 0.1) is 0 Å². The first-order valence-electron chi connectivity index (χ1n) is 9.39. The number of methoxy groups -OCH3 is 1. The molecule has 0 aliphatic rings. The molecule has 0 bridgehead atoms. The molecule has 0 aliphatic carbocycles. The molecule has 1 atom stereocenters. The predicted octanol–water partition coefficient (Wildman–Crippen LogP) is 2.42. The van der Waals surface area contributed by atoms with Gasteiger partial charge in [-0.15, -0.1) is 0 Å². The van der Waals surface area contributed by atoms with Crippen LogP contribution in [-0.2, 0) is 30.3 Å². The van der Waals surface area contributed by atoms with Crippen molar-refractivity contribution in [1.82, 2.24) is 5.32 Å². The first-order chi connectivity index (χ1) is 14.1.